The molecule has 7 heteroatoms. The van der Waals surface area contributed by atoms with Gasteiger partial charge in [-0.15, -0.1) is 0 Å². The van der Waals surface area contributed by atoms with Crippen LogP contribution in [0.4, 0.5) is 18.9 Å². The van der Waals surface area contributed by atoms with Crippen LogP contribution in [0.15, 0.2) is 72.8 Å². The quantitative estimate of drug-likeness (QED) is 0.630. The van der Waals surface area contributed by atoms with Gasteiger partial charge in [-0.3, -0.25) is 9.59 Å². The zero-order valence-electron chi connectivity index (χ0n) is 16.3. The van der Waals surface area contributed by atoms with Gasteiger partial charge in [0.05, 0.1) is 5.56 Å². The number of carbonyl (C=O) groups excluding carboxylic acids is 2. The summed E-state index contributed by atoms with van der Waals surface area (Å²) < 4.78 is 38.5. The molecule has 0 aliphatic heterocycles. The van der Waals surface area contributed by atoms with E-state index in [4.69, 9.17) is 0 Å². The van der Waals surface area contributed by atoms with Crippen molar-refractivity contribution in [1.82, 2.24) is 4.90 Å². The molecule has 3 aromatic rings. The molecule has 0 saturated carbocycles. The number of hydrogen-bond acceptors (Lipinski definition) is 2. The number of nitrogens with zero attached hydrogens (tertiary/aromatic N) is 1. The third kappa shape index (κ3) is 4.68. The van der Waals surface area contributed by atoms with E-state index in [0.717, 1.165) is 12.1 Å². The molecule has 0 aliphatic carbocycles. The molecule has 0 heterocycles. The molecule has 154 valence electrons. The fourth-order valence-electron chi connectivity index (χ4n) is 2.96. The van der Waals surface area contributed by atoms with Crippen LogP contribution in [0.5, 0.6) is 0 Å². The second-order valence-corrected chi connectivity index (χ2v) is 6.86. The van der Waals surface area contributed by atoms with Crippen molar-refractivity contribution in [2.75, 3.05) is 19.4 Å². The Morgan fingerprint density at radius 2 is 1.53 bits per heavy atom. The number of carbonyl (C=O) groups is 2. The molecule has 30 heavy (non-hydrogen) atoms. The molecule has 3 aromatic carbocycles. The van der Waals surface area contributed by atoms with E-state index in [1.807, 2.05) is 0 Å². The summed E-state index contributed by atoms with van der Waals surface area (Å²) in [6.45, 7) is 0. The van der Waals surface area contributed by atoms with E-state index in [-0.39, 0.29) is 5.91 Å². The fourth-order valence-corrected chi connectivity index (χ4v) is 2.96. The van der Waals surface area contributed by atoms with E-state index >= 15 is 0 Å². The molecule has 0 bridgehead atoms. The van der Waals surface area contributed by atoms with Crippen molar-refractivity contribution in [3.05, 3.63) is 89.5 Å². The van der Waals surface area contributed by atoms with E-state index in [1.54, 1.807) is 62.6 Å². The monoisotopic (exact) mass is 412 g/mol. The van der Waals surface area contributed by atoms with Gasteiger partial charge in [-0.2, -0.15) is 13.2 Å². The summed E-state index contributed by atoms with van der Waals surface area (Å²) in [5.41, 5.74) is 1.41. The number of rotatable bonds is 4. The van der Waals surface area contributed by atoms with Gasteiger partial charge in [-0.25, -0.2) is 0 Å². The van der Waals surface area contributed by atoms with Gasteiger partial charge in [0.25, 0.3) is 11.8 Å². The maximum Gasteiger partial charge on any atom is 0.416 e. The summed E-state index contributed by atoms with van der Waals surface area (Å²) in [6, 6.07) is 17.8. The van der Waals surface area contributed by atoms with Crippen LogP contribution < -0.4 is 5.32 Å². The Hall–Kier alpha value is -3.61. The Labute approximate surface area is 171 Å². The molecule has 0 saturated heterocycles. The number of nitrogens with one attached hydrogen (secondary N) is 1. The van der Waals surface area contributed by atoms with Crippen molar-refractivity contribution in [2.45, 2.75) is 6.18 Å². The minimum Gasteiger partial charge on any atom is -0.345 e. The maximum absolute atomic E-state index is 12.9. The van der Waals surface area contributed by atoms with Crippen molar-refractivity contribution in [1.29, 1.82) is 0 Å². The highest BCUT2D eigenvalue weighted by atomic mass is 19.4. The smallest absolute Gasteiger partial charge is 0.345 e. The topological polar surface area (TPSA) is 49.4 Å². The lowest BCUT2D eigenvalue weighted by molar-refractivity contribution is -0.137. The number of alkyl halides is 3. The lowest BCUT2D eigenvalue weighted by atomic mass is 9.98. The summed E-state index contributed by atoms with van der Waals surface area (Å²) in [5, 5.41) is 2.75. The molecule has 2 amide bonds. The Morgan fingerprint density at radius 1 is 0.867 bits per heavy atom. The van der Waals surface area contributed by atoms with Crippen molar-refractivity contribution < 1.29 is 22.8 Å². The van der Waals surface area contributed by atoms with Crippen molar-refractivity contribution in [3.8, 4) is 11.1 Å². The third-order valence-corrected chi connectivity index (χ3v) is 4.47. The molecular weight excluding hydrogens is 393 g/mol. The minimum absolute atomic E-state index is 0.198. The molecule has 0 unspecified atom stereocenters. The lowest BCUT2D eigenvalue weighted by Gasteiger charge is -2.13. The molecule has 0 aliphatic rings. The van der Waals surface area contributed by atoms with Gasteiger partial charge in [-0.05, 0) is 47.5 Å². The number of benzene rings is 3. The molecule has 0 atom stereocenters. The molecule has 1 N–H and O–H groups in total. The summed E-state index contributed by atoms with van der Waals surface area (Å²) in [6.07, 6.45) is -4.43. The van der Waals surface area contributed by atoms with Crippen LogP contribution in [0.1, 0.15) is 26.3 Å². The van der Waals surface area contributed by atoms with Crippen molar-refractivity contribution in [3.63, 3.8) is 0 Å². The van der Waals surface area contributed by atoms with E-state index in [9.17, 15) is 22.8 Å². The summed E-state index contributed by atoms with van der Waals surface area (Å²) in [5.74, 6) is -0.629. The Bertz CT molecular complexity index is 1070. The van der Waals surface area contributed by atoms with Gasteiger partial charge < -0.3 is 10.2 Å². The normalized spacial score (nSPS) is 11.1. The number of amides is 2. The predicted molar refractivity (Wildman–Crippen MR) is 109 cm³/mol. The van der Waals surface area contributed by atoms with Crippen LogP contribution in [0.3, 0.4) is 0 Å². The van der Waals surface area contributed by atoms with Crippen LogP contribution in [-0.2, 0) is 6.18 Å². The van der Waals surface area contributed by atoms with Gasteiger partial charge in [0.2, 0.25) is 0 Å². The Kier molecular flexibility index (Phi) is 5.91. The summed E-state index contributed by atoms with van der Waals surface area (Å²) in [4.78, 5) is 26.4. The highest BCUT2D eigenvalue weighted by Crippen LogP contribution is 2.32. The van der Waals surface area contributed by atoms with Crippen LogP contribution in [-0.4, -0.2) is 30.8 Å². The van der Waals surface area contributed by atoms with Gasteiger partial charge in [0.15, 0.2) is 0 Å². The zero-order chi connectivity index (χ0) is 21.9. The molecular formula is C23H19F3N2O2. The Morgan fingerprint density at radius 3 is 2.17 bits per heavy atom. The highest BCUT2D eigenvalue weighted by Gasteiger charge is 2.30. The van der Waals surface area contributed by atoms with Gasteiger partial charge in [0, 0.05) is 30.9 Å². The fraction of sp³-hybridized carbons (Fsp3) is 0.130. The van der Waals surface area contributed by atoms with Crippen LogP contribution in [0.25, 0.3) is 11.1 Å². The van der Waals surface area contributed by atoms with Crippen LogP contribution in [0.2, 0.25) is 0 Å². The second-order valence-electron chi connectivity index (χ2n) is 6.86. The van der Waals surface area contributed by atoms with Crippen LogP contribution in [0, 0.1) is 0 Å². The second kappa shape index (κ2) is 8.41. The van der Waals surface area contributed by atoms with Gasteiger partial charge >= 0.3 is 6.18 Å². The zero-order valence-corrected chi connectivity index (χ0v) is 16.3. The lowest BCUT2D eigenvalue weighted by Crippen LogP contribution is -2.22. The molecule has 0 fully saturated rings. The van der Waals surface area contributed by atoms with Crippen LogP contribution >= 0.6 is 0 Å². The SMILES string of the molecule is CN(C)C(=O)c1cccc(NC(=O)c2ccccc2-c2ccc(C(F)(F)F)cc2)c1. The first-order chi connectivity index (χ1) is 14.2. The number of halogens is 3. The highest BCUT2D eigenvalue weighted by molar-refractivity contribution is 6.09. The van der Waals surface area contributed by atoms with E-state index in [1.165, 1.54) is 17.0 Å². The first-order valence-corrected chi connectivity index (χ1v) is 9.06. The third-order valence-electron chi connectivity index (χ3n) is 4.47. The average molecular weight is 412 g/mol. The number of hydrogen-bond donors (Lipinski definition) is 1. The predicted octanol–water partition coefficient (Wildman–Crippen LogP) is 5.33. The van der Waals surface area contributed by atoms with Gasteiger partial charge in [0.1, 0.15) is 0 Å². The minimum atomic E-state index is -4.43. The first-order valence-electron chi connectivity index (χ1n) is 9.06. The largest absolute Gasteiger partial charge is 0.416 e. The van der Waals surface area contributed by atoms with Crippen molar-refractivity contribution in [2.24, 2.45) is 0 Å². The molecule has 0 radical (unpaired) electrons. The van der Waals surface area contributed by atoms with Gasteiger partial charge in [-0.1, -0.05) is 36.4 Å². The average Bonchev–Trinajstić information content (AvgIpc) is 2.72. The number of anilines is 1. The summed E-state index contributed by atoms with van der Waals surface area (Å²) in [7, 11) is 3.27. The molecule has 3 rings (SSSR count). The Balaban J connectivity index is 1.88. The van der Waals surface area contributed by atoms with E-state index in [2.05, 4.69) is 5.32 Å². The molecule has 0 spiro atoms. The maximum atomic E-state index is 12.9. The van der Waals surface area contributed by atoms with E-state index in [0.29, 0.717) is 27.9 Å². The standard InChI is InChI=1S/C23H19F3N2O2/c1-28(2)22(30)16-6-5-7-18(14-16)27-21(29)20-9-4-3-8-19(20)15-10-12-17(13-11-15)23(24,25)26/h3-14H,1-2H3,(H,27,29). The molecule has 4 nitrogen and oxygen atoms in total. The molecule has 0 aromatic heterocycles. The first kappa shape index (κ1) is 21.1. The van der Waals surface area contributed by atoms with E-state index < -0.39 is 17.6 Å². The summed E-state index contributed by atoms with van der Waals surface area (Å²) >= 11 is 0. The van der Waals surface area contributed by atoms with Crippen molar-refractivity contribution >= 4 is 17.5 Å².